The first-order chi connectivity index (χ1) is 10.1. The summed E-state index contributed by atoms with van der Waals surface area (Å²) >= 11 is 5.37. The summed E-state index contributed by atoms with van der Waals surface area (Å²) in [6, 6.07) is 7.97. The van der Waals surface area contributed by atoms with E-state index in [0.29, 0.717) is 0 Å². The fourth-order valence-corrected chi connectivity index (χ4v) is 3.99. The fourth-order valence-electron chi connectivity index (χ4n) is 2.57. The number of carbonyl (C=O) groups excluding carboxylic acids is 1. The van der Waals surface area contributed by atoms with Gasteiger partial charge in [0.25, 0.3) is 0 Å². The highest BCUT2D eigenvalue weighted by molar-refractivity contribution is 9.10. The van der Waals surface area contributed by atoms with Gasteiger partial charge in [0.05, 0.1) is 12.2 Å². The van der Waals surface area contributed by atoms with Gasteiger partial charge < -0.3 is 15.5 Å². The summed E-state index contributed by atoms with van der Waals surface area (Å²) in [6.07, 6.45) is 0. The van der Waals surface area contributed by atoms with Crippen LogP contribution in [0.1, 0.15) is 16.5 Å². The maximum absolute atomic E-state index is 11.9. The molecule has 1 aromatic heterocycles. The van der Waals surface area contributed by atoms with Gasteiger partial charge in [0.1, 0.15) is 6.04 Å². The maximum atomic E-state index is 11.9. The number of anilines is 2. The molecule has 0 radical (unpaired) electrons. The van der Waals surface area contributed by atoms with Gasteiger partial charge in [-0.05, 0) is 46.6 Å². The van der Waals surface area contributed by atoms with Crippen LogP contribution in [0.5, 0.6) is 0 Å². The van der Waals surface area contributed by atoms with Gasteiger partial charge in [0.15, 0.2) is 0 Å². The van der Waals surface area contributed by atoms with E-state index < -0.39 is 0 Å². The van der Waals surface area contributed by atoms with Gasteiger partial charge in [-0.1, -0.05) is 6.07 Å². The third-order valence-electron chi connectivity index (χ3n) is 3.62. The van der Waals surface area contributed by atoms with E-state index in [2.05, 4.69) is 56.0 Å². The topological polar surface area (TPSA) is 44.4 Å². The first-order valence-electron chi connectivity index (χ1n) is 6.65. The minimum Gasteiger partial charge on any atom is -0.368 e. The van der Waals surface area contributed by atoms with E-state index in [0.717, 1.165) is 28.0 Å². The van der Waals surface area contributed by atoms with E-state index in [9.17, 15) is 4.79 Å². The minimum atomic E-state index is -0.270. The first kappa shape index (κ1) is 14.6. The summed E-state index contributed by atoms with van der Waals surface area (Å²) in [5.74, 6) is -0.00235. The Bertz CT molecular complexity index is 672. The highest BCUT2D eigenvalue weighted by atomic mass is 79.9. The van der Waals surface area contributed by atoms with Gasteiger partial charge in [-0.2, -0.15) is 0 Å². The Balaban J connectivity index is 1.91. The zero-order valence-electron chi connectivity index (χ0n) is 11.8. The monoisotopic (exact) mass is 365 g/mol. The highest BCUT2D eigenvalue weighted by Gasteiger charge is 2.30. The Kier molecular flexibility index (Phi) is 4.01. The quantitative estimate of drug-likeness (QED) is 0.872. The average Bonchev–Trinajstić information content (AvgIpc) is 3.04. The molecular formula is C15H16BrN3OS. The number of fused-ring (bicyclic) bond motifs is 1. The molecule has 1 aliphatic rings. The number of amides is 1. The zero-order valence-corrected chi connectivity index (χ0v) is 14.2. The average molecular weight is 366 g/mol. The molecule has 2 heterocycles. The van der Waals surface area contributed by atoms with Crippen molar-refractivity contribution in [1.29, 1.82) is 0 Å². The van der Waals surface area contributed by atoms with Crippen molar-refractivity contribution in [3.05, 3.63) is 44.6 Å². The Hall–Kier alpha value is -1.37. The van der Waals surface area contributed by atoms with Crippen molar-refractivity contribution in [3.8, 4) is 0 Å². The number of rotatable bonds is 4. The van der Waals surface area contributed by atoms with Crippen LogP contribution >= 0.6 is 27.3 Å². The molecule has 0 fully saturated rings. The Morgan fingerprint density at radius 3 is 2.95 bits per heavy atom. The second-order valence-corrected chi connectivity index (χ2v) is 6.92. The van der Waals surface area contributed by atoms with E-state index in [4.69, 9.17) is 0 Å². The number of nitrogens with one attached hydrogen (secondary N) is 2. The minimum absolute atomic E-state index is 0.00235. The van der Waals surface area contributed by atoms with E-state index in [1.54, 1.807) is 18.4 Å². The predicted molar refractivity (Wildman–Crippen MR) is 91.0 cm³/mol. The molecule has 1 amide bonds. The second-order valence-electron chi connectivity index (χ2n) is 5.04. The van der Waals surface area contributed by atoms with Gasteiger partial charge in [-0.3, -0.25) is 4.79 Å². The molecule has 4 nitrogen and oxygen atoms in total. The number of likely N-dealkylation sites (N-methyl/N-ethyl adjacent to an activating group) is 1. The van der Waals surface area contributed by atoms with Crippen LogP contribution in [0, 0.1) is 0 Å². The van der Waals surface area contributed by atoms with Crippen molar-refractivity contribution in [2.75, 3.05) is 24.3 Å². The van der Waals surface area contributed by atoms with Crippen LogP contribution in [0.3, 0.4) is 0 Å². The Morgan fingerprint density at radius 1 is 1.48 bits per heavy atom. The van der Waals surface area contributed by atoms with Crippen LogP contribution in [-0.4, -0.2) is 20.0 Å². The standard InChI is InChI=1S/C15H16BrN3OS/c1-17-14-10-6-11(16)13(7-12(10)18-15(14)20)19(2)8-9-4-3-5-21-9/h3-7,14,17H,8H2,1-2H3,(H,18,20). The summed E-state index contributed by atoms with van der Waals surface area (Å²) < 4.78 is 0.997. The Morgan fingerprint density at radius 2 is 2.29 bits per heavy atom. The maximum Gasteiger partial charge on any atom is 0.246 e. The highest BCUT2D eigenvalue weighted by Crippen LogP contribution is 2.39. The fraction of sp³-hybridized carbons (Fsp3) is 0.267. The van der Waals surface area contributed by atoms with Crippen molar-refractivity contribution in [1.82, 2.24) is 5.32 Å². The molecule has 21 heavy (non-hydrogen) atoms. The normalized spacial score (nSPS) is 16.7. The van der Waals surface area contributed by atoms with E-state index in [1.807, 2.05) is 12.1 Å². The zero-order chi connectivity index (χ0) is 15.0. The first-order valence-corrected chi connectivity index (χ1v) is 8.32. The van der Waals surface area contributed by atoms with Crippen LogP contribution < -0.4 is 15.5 Å². The third-order valence-corrected chi connectivity index (χ3v) is 5.12. The largest absolute Gasteiger partial charge is 0.368 e. The molecular weight excluding hydrogens is 350 g/mol. The van der Waals surface area contributed by atoms with Crippen LogP contribution in [-0.2, 0) is 11.3 Å². The lowest BCUT2D eigenvalue weighted by atomic mass is 10.1. The summed E-state index contributed by atoms with van der Waals surface area (Å²) in [4.78, 5) is 15.4. The number of halogens is 1. The van der Waals surface area contributed by atoms with Crippen LogP contribution in [0.25, 0.3) is 0 Å². The number of carbonyl (C=O) groups is 1. The summed E-state index contributed by atoms with van der Waals surface area (Å²) in [5, 5.41) is 8.05. The van der Waals surface area contributed by atoms with Crippen molar-refractivity contribution in [3.63, 3.8) is 0 Å². The molecule has 0 spiro atoms. The van der Waals surface area contributed by atoms with Crippen molar-refractivity contribution >= 4 is 44.5 Å². The summed E-state index contributed by atoms with van der Waals surface area (Å²) in [7, 11) is 3.85. The van der Waals surface area contributed by atoms with Crippen molar-refractivity contribution < 1.29 is 4.79 Å². The molecule has 1 unspecified atom stereocenters. The number of nitrogens with zero attached hydrogens (tertiary/aromatic N) is 1. The lowest BCUT2D eigenvalue weighted by Gasteiger charge is -2.21. The van der Waals surface area contributed by atoms with E-state index in [1.165, 1.54) is 4.88 Å². The number of hydrogen-bond acceptors (Lipinski definition) is 4. The smallest absolute Gasteiger partial charge is 0.246 e. The van der Waals surface area contributed by atoms with Gasteiger partial charge in [-0.15, -0.1) is 11.3 Å². The molecule has 2 N–H and O–H groups in total. The lowest BCUT2D eigenvalue weighted by molar-refractivity contribution is -0.117. The third kappa shape index (κ3) is 2.71. The molecule has 6 heteroatoms. The van der Waals surface area contributed by atoms with Gasteiger partial charge in [0.2, 0.25) is 5.91 Å². The molecule has 3 rings (SSSR count). The molecule has 0 aliphatic carbocycles. The van der Waals surface area contributed by atoms with Crippen LogP contribution in [0.15, 0.2) is 34.1 Å². The second kappa shape index (κ2) is 5.79. The molecule has 0 saturated heterocycles. The molecule has 1 atom stereocenters. The molecule has 2 aromatic rings. The summed E-state index contributed by atoms with van der Waals surface area (Å²) in [6.45, 7) is 0.846. The van der Waals surface area contributed by atoms with Gasteiger partial charge in [-0.25, -0.2) is 0 Å². The predicted octanol–water partition coefficient (Wildman–Crippen LogP) is 3.36. The molecule has 0 bridgehead atoms. The van der Waals surface area contributed by atoms with Crippen molar-refractivity contribution in [2.24, 2.45) is 0 Å². The number of hydrogen-bond donors (Lipinski definition) is 2. The van der Waals surface area contributed by atoms with Gasteiger partial charge in [0, 0.05) is 27.6 Å². The van der Waals surface area contributed by atoms with E-state index >= 15 is 0 Å². The molecule has 0 saturated carbocycles. The SMILES string of the molecule is CNC1C(=O)Nc2cc(N(C)Cc3cccs3)c(Br)cc21. The van der Waals surface area contributed by atoms with Crippen molar-refractivity contribution in [2.45, 2.75) is 12.6 Å². The molecule has 1 aliphatic heterocycles. The van der Waals surface area contributed by atoms with Gasteiger partial charge >= 0.3 is 0 Å². The van der Waals surface area contributed by atoms with E-state index in [-0.39, 0.29) is 11.9 Å². The molecule has 110 valence electrons. The van der Waals surface area contributed by atoms with Crippen LogP contribution in [0.4, 0.5) is 11.4 Å². The molecule has 1 aromatic carbocycles. The number of thiophene rings is 1. The van der Waals surface area contributed by atoms with Crippen LogP contribution in [0.2, 0.25) is 0 Å². The number of benzene rings is 1. The summed E-state index contributed by atoms with van der Waals surface area (Å²) in [5.41, 5.74) is 2.94. The lowest BCUT2D eigenvalue weighted by Crippen LogP contribution is -2.23. The Labute approximate surface area is 136 Å².